The number of rotatable bonds is 2. The normalized spacial score (nSPS) is 21.5. The van der Waals surface area contributed by atoms with Gasteiger partial charge in [0, 0.05) is 32.0 Å². The van der Waals surface area contributed by atoms with Gasteiger partial charge in [-0.2, -0.15) is 5.10 Å². The molecule has 2 fully saturated rings. The average Bonchev–Trinajstić information content (AvgIpc) is 3.51. The number of hydrogen-bond donors (Lipinski definition) is 1. The fourth-order valence-electron chi connectivity index (χ4n) is 4.35. The molecule has 0 bridgehead atoms. The number of piperazine rings is 1. The molecule has 3 heterocycles. The third-order valence-electron chi connectivity index (χ3n) is 6.00. The van der Waals surface area contributed by atoms with Crippen molar-refractivity contribution in [3.05, 3.63) is 54.0 Å². The molecule has 1 N–H and O–H groups in total. The topological polar surface area (TPSA) is 56.7 Å². The second-order valence-electron chi connectivity index (χ2n) is 7.83. The number of aryl methyl sites for hydroxylation is 1. The molecule has 1 aliphatic heterocycles. The number of pyridine rings is 2. The van der Waals surface area contributed by atoms with E-state index in [0.29, 0.717) is 5.11 Å². The van der Waals surface area contributed by atoms with Crippen LogP contribution in [0, 0.1) is 0 Å². The summed E-state index contributed by atoms with van der Waals surface area (Å²) in [4.78, 5) is 13.8. The summed E-state index contributed by atoms with van der Waals surface area (Å²) in [5.74, 6) is 1.07. The lowest BCUT2D eigenvalue weighted by Gasteiger charge is -2.43. The van der Waals surface area contributed by atoms with Crippen LogP contribution in [0.4, 0.5) is 5.82 Å². The smallest absolute Gasteiger partial charge is 0.189 e. The van der Waals surface area contributed by atoms with E-state index in [2.05, 4.69) is 48.5 Å². The molecular weight excluding hydrogens is 368 g/mol. The van der Waals surface area contributed by atoms with Crippen molar-refractivity contribution in [2.45, 2.75) is 37.6 Å². The minimum absolute atomic E-state index is 0.171. The SMILES string of the molecule is S=C(N/N=C1\CCCc2cccnc21)N1CCN(c2ccccn2)C2(CC2)C1. The molecule has 0 radical (unpaired) electrons. The molecule has 144 valence electrons. The Labute approximate surface area is 170 Å². The van der Waals surface area contributed by atoms with Crippen molar-refractivity contribution in [3.8, 4) is 0 Å². The number of thiocarbonyl (C=S) groups is 1. The minimum Gasteiger partial charge on any atom is -0.347 e. The maximum absolute atomic E-state index is 5.68. The van der Waals surface area contributed by atoms with Crippen LogP contribution in [0.1, 0.15) is 36.9 Å². The first-order valence-corrected chi connectivity index (χ1v) is 10.4. The second-order valence-corrected chi connectivity index (χ2v) is 8.21. The van der Waals surface area contributed by atoms with E-state index in [1.54, 1.807) is 0 Å². The van der Waals surface area contributed by atoms with Gasteiger partial charge in [0.1, 0.15) is 5.82 Å². The fourth-order valence-corrected chi connectivity index (χ4v) is 4.56. The number of nitrogens with zero attached hydrogens (tertiary/aromatic N) is 5. The lowest BCUT2D eigenvalue weighted by Crippen LogP contribution is -2.58. The first-order valence-electron chi connectivity index (χ1n) is 10.00. The van der Waals surface area contributed by atoms with E-state index in [1.165, 1.54) is 18.4 Å². The molecular formula is C21H24N6S. The number of hydrazone groups is 1. The van der Waals surface area contributed by atoms with Crippen LogP contribution in [0.15, 0.2) is 47.8 Å². The van der Waals surface area contributed by atoms with Crippen molar-refractivity contribution >= 4 is 28.9 Å². The Morgan fingerprint density at radius 3 is 2.79 bits per heavy atom. The van der Waals surface area contributed by atoms with Gasteiger partial charge in [-0.05, 0) is 68.1 Å². The Morgan fingerprint density at radius 2 is 1.96 bits per heavy atom. The summed E-state index contributed by atoms with van der Waals surface area (Å²) in [5.41, 5.74) is 6.63. The highest BCUT2D eigenvalue weighted by atomic mass is 32.1. The third kappa shape index (κ3) is 3.24. The lowest BCUT2D eigenvalue weighted by atomic mass is 9.95. The molecule has 1 saturated heterocycles. The molecule has 0 aromatic carbocycles. The van der Waals surface area contributed by atoms with E-state index in [9.17, 15) is 0 Å². The predicted octanol–water partition coefficient (Wildman–Crippen LogP) is 2.75. The van der Waals surface area contributed by atoms with Gasteiger partial charge in [-0.15, -0.1) is 0 Å². The molecule has 7 heteroatoms. The summed E-state index contributed by atoms with van der Waals surface area (Å²) in [7, 11) is 0. The molecule has 6 nitrogen and oxygen atoms in total. The van der Waals surface area contributed by atoms with Crippen LogP contribution in [0.25, 0.3) is 0 Å². The van der Waals surface area contributed by atoms with Gasteiger partial charge in [0.15, 0.2) is 5.11 Å². The number of nitrogens with one attached hydrogen (secondary N) is 1. The van der Waals surface area contributed by atoms with Crippen molar-refractivity contribution in [1.82, 2.24) is 20.3 Å². The van der Waals surface area contributed by atoms with E-state index >= 15 is 0 Å². The van der Waals surface area contributed by atoms with Gasteiger partial charge in [-0.1, -0.05) is 12.1 Å². The van der Waals surface area contributed by atoms with Gasteiger partial charge in [-0.3, -0.25) is 10.4 Å². The Kier molecular flexibility index (Phi) is 4.47. The van der Waals surface area contributed by atoms with Crippen LogP contribution >= 0.6 is 12.2 Å². The van der Waals surface area contributed by atoms with Crippen LogP contribution < -0.4 is 10.3 Å². The van der Waals surface area contributed by atoms with Gasteiger partial charge < -0.3 is 9.80 Å². The van der Waals surface area contributed by atoms with Crippen molar-refractivity contribution in [2.24, 2.45) is 5.10 Å². The maximum atomic E-state index is 5.68. The monoisotopic (exact) mass is 392 g/mol. The first kappa shape index (κ1) is 17.6. The molecule has 3 aliphatic rings. The first-order chi connectivity index (χ1) is 13.8. The molecule has 2 aromatic rings. The molecule has 0 unspecified atom stereocenters. The molecule has 0 amide bonds. The standard InChI is InChI=1S/C21H24N6S/c28-20(25-24-17-7-3-5-16-6-4-12-23-19(16)17)26-13-14-27(21(15-26)9-10-21)18-8-1-2-11-22-18/h1-2,4,6,8,11-12H,3,5,7,9-10,13-15H2,(H,25,28)/b24-17+. The summed E-state index contributed by atoms with van der Waals surface area (Å²) < 4.78 is 0. The van der Waals surface area contributed by atoms with Crippen LogP contribution in [0.5, 0.6) is 0 Å². The summed E-state index contributed by atoms with van der Waals surface area (Å²) in [6.45, 7) is 2.73. The van der Waals surface area contributed by atoms with Gasteiger partial charge >= 0.3 is 0 Å². The Hall–Kier alpha value is -2.54. The molecule has 5 rings (SSSR count). The fraction of sp³-hybridized carbons (Fsp3) is 0.429. The number of hydrogen-bond acceptors (Lipinski definition) is 5. The lowest BCUT2D eigenvalue weighted by molar-refractivity contribution is 0.310. The van der Waals surface area contributed by atoms with Gasteiger partial charge in [-0.25, -0.2) is 4.98 Å². The third-order valence-corrected chi connectivity index (χ3v) is 6.35. The van der Waals surface area contributed by atoms with Crippen LogP contribution in [-0.4, -0.2) is 50.9 Å². The van der Waals surface area contributed by atoms with Gasteiger partial charge in [0.25, 0.3) is 0 Å². The highest BCUT2D eigenvalue weighted by Crippen LogP contribution is 2.45. The van der Waals surface area contributed by atoms with Crippen LogP contribution in [0.2, 0.25) is 0 Å². The summed E-state index contributed by atoms with van der Waals surface area (Å²) in [5, 5.41) is 5.35. The van der Waals surface area contributed by atoms with E-state index in [4.69, 9.17) is 12.2 Å². The van der Waals surface area contributed by atoms with Crippen molar-refractivity contribution in [1.29, 1.82) is 0 Å². The van der Waals surface area contributed by atoms with Gasteiger partial charge in [0.2, 0.25) is 0 Å². The van der Waals surface area contributed by atoms with E-state index in [-0.39, 0.29) is 5.54 Å². The molecule has 1 saturated carbocycles. The zero-order chi connectivity index (χ0) is 19.0. The quantitative estimate of drug-likeness (QED) is 0.627. The Bertz CT molecular complexity index is 908. The average molecular weight is 393 g/mol. The molecule has 0 atom stereocenters. The van der Waals surface area contributed by atoms with E-state index in [0.717, 1.165) is 56.1 Å². The molecule has 1 spiro atoms. The van der Waals surface area contributed by atoms with E-state index < -0.39 is 0 Å². The highest BCUT2D eigenvalue weighted by molar-refractivity contribution is 7.80. The van der Waals surface area contributed by atoms with Gasteiger partial charge in [0.05, 0.1) is 16.9 Å². The van der Waals surface area contributed by atoms with Crippen LogP contribution in [0.3, 0.4) is 0 Å². The van der Waals surface area contributed by atoms with Crippen molar-refractivity contribution < 1.29 is 0 Å². The van der Waals surface area contributed by atoms with Crippen molar-refractivity contribution in [3.63, 3.8) is 0 Å². The van der Waals surface area contributed by atoms with Crippen molar-refractivity contribution in [2.75, 3.05) is 24.5 Å². The highest BCUT2D eigenvalue weighted by Gasteiger charge is 2.52. The van der Waals surface area contributed by atoms with E-state index in [1.807, 2.05) is 24.5 Å². The zero-order valence-corrected chi connectivity index (χ0v) is 16.7. The minimum atomic E-state index is 0.171. The zero-order valence-electron chi connectivity index (χ0n) is 15.8. The number of fused-ring (bicyclic) bond motifs is 1. The predicted molar refractivity (Wildman–Crippen MR) is 115 cm³/mol. The summed E-state index contributed by atoms with van der Waals surface area (Å²) in [6, 6.07) is 10.3. The molecule has 28 heavy (non-hydrogen) atoms. The molecule has 2 aromatic heterocycles. The Balaban J connectivity index is 1.27. The largest absolute Gasteiger partial charge is 0.347 e. The second kappa shape index (κ2) is 7.13. The summed E-state index contributed by atoms with van der Waals surface area (Å²) >= 11 is 5.68. The maximum Gasteiger partial charge on any atom is 0.189 e. The van der Waals surface area contributed by atoms with Crippen LogP contribution in [-0.2, 0) is 6.42 Å². The molecule has 2 aliphatic carbocycles. The number of aromatic nitrogens is 2. The number of anilines is 1. The Morgan fingerprint density at radius 1 is 1.07 bits per heavy atom. The summed E-state index contributed by atoms with van der Waals surface area (Å²) in [6.07, 6.45) is 9.21.